The summed E-state index contributed by atoms with van der Waals surface area (Å²) in [6.45, 7) is 0.754. The lowest BCUT2D eigenvalue weighted by Crippen LogP contribution is -2.37. The Balaban J connectivity index is 2.31. The Morgan fingerprint density at radius 1 is 1.56 bits per heavy atom. The lowest BCUT2D eigenvalue weighted by molar-refractivity contribution is -0.117. The zero-order valence-corrected chi connectivity index (χ0v) is 10.5. The molecule has 1 heterocycles. The lowest BCUT2D eigenvalue weighted by atomic mass is 10.3. The summed E-state index contributed by atoms with van der Waals surface area (Å²) in [6.07, 6.45) is 2.49. The van der Waals surface area contributed by atoms with Gasteiger partial charge in [0.05, 0.1) is 19.3 Å². The van der Waals surface area contributed by atoms with Crippen LogP contribution >= 0.6 is 0 Å². The average molecular weight is 254 g/mol. The Morgan fingerprint density at radius 2 is 2.22 bits per heavy atom. The number of aromatic nitrogens is 2. The summed E-state index contributed by atoms with van der Waals surface area (Å²) in [6, 6.07) is 1.67. The summed E-state index contributed by atoms with van der Waals surface area (Å²) in [4.78, 5) is 21.1. The standard InChI is InChI=1S/C11H18N4O3/c1-15(6-9(16)8-18-2)7-10(17)14-11-12-4-3-5-13-11/h3-5,9,16H,6-8H2,1-2H3,(H,12,13,14,17). The van der Waals surface area contributed by atoms with E-state index in [9.17, 15) is 9.90 Å². The molecule has 0 radical (unpaired) electrons. The minimum absolute atomic E-state index is 0.152. The Morgan fingerprint density at radius 3 is 2.83 bits per heavy atom. The molecule has 1 amide bonds. The van der Waals surface area contributed by atoms with Gasteiger partial charge >= 0.3 is 0 Å². The first-order chi connectivity index (χ1) is 8.61. The van der Waals surface area contributed by atoms with Gasteiger partial charge in [-0.15, -0.1) is 0 Å². The van der Waals surface area contributed by atoms with Gasteiger partial charge in [0, 0.05) is 26.0 Å². The fraction of sp³-hybridized carbons (Fsp3) is 0.545. The summed E-state index contributed by atoms with van der Waals surface area (Å²) >= 11 is 0. The van der Waals surface area contributed by atoms with Gasteiger partial charge in [-0.05, 0) is 13.1 Å². The molecule has 0 aliphatic carbocycles. The highest BCUT2D eigenvalue weighted by atomic mass is 16.5. The number of likely N-dealkylation sites (N-methyl/N-ethyl adjacent to an activating group) is 1. The van der Waals surface area contributed by atoms with Crippen LogP contribution in [0.3, 0.4) is 0 Å². The predicted octanol–water partition coefficient (Wildman–Crippen LogP) is -0.646. The topological polar surface area (TPSA) is 87.6 Å². The van der Waals surface area contributed by atoms with E-state index in [0.717, 1.165) is 0 Å². The number of carbonyl (C=O) groups excluding carboxylic acids is 1. The molecule has 18 heavy (non-hydrogen) atoms. The minimum atomic E-state index is -0.610. The predicted molar refractivity (Wildman–Crippen MR) is 66.0 cm³/mol. The van der Waals surface area contributed by atoms with Crippen LogP contribution in [0.25, 0.3) is 0 Å². The number of carbonyl (C=O) groups is 1. The van der Waals surface area contributed by atoms with Gasteiger partial charge in [0.15, 0.2) is 0 Å². The van der Waals surface area contributed by atoms with Crippen molar-refractivity contribution in [3.8, 4) is 0 Å². The van der Waals surface area contributed by atoms with Gasteiger partial charge < -0.3 is 9.84 Å². The zero-order chi connectivity index (χ0) is 13.4. The normalized spacial score (nSPS) is 12.4. The fourth-order valence-electron chi connectivity index (χ4n) is 1.44. The Labute approximate surface area is 106 Å². The molecule has 0 saturated heterocycles. The largest absolute Gasteiger partial charge is 0.389 e. The maximum atomic E-state index is 11.6. The molecule has 0 fully saturated rings. The van der Waals surface area contributed by atoms with E-state index < -0.39 is 6.10 Å². The van der Waals surface area contributed by atoms with Crippen molar-refractivity contribution in [1.82, 2.24) is 14.9 Å². The van der Waals surface area contributed by atoms with Gasteiger partial charge in [-0.25, -0.2) is 9.97 Å². The lowest BCUT2D eigenvalue weighted by Gasteiger charge is -2.19. The molecular formula is C11H18N4O3. The number of hydrogen-bond acceptors (Lipinski definition) is 6. The van der Waals surface area contributed by atoms with Crippen LogP contribution in [0.2, 0.25) is 0 Å². The molecule has 1 unspecified atom stereocenters. The Kier molecular flexibility index (Phi) is 6.20. The van der Waals surface area contributed by atoms with Gasteiger partial charge in [0.1, 0.15) is 0 Å². The molecule has 7 nitrogen and oxygen atoms in total. The summed E-state index contributed by atoms with van der Waals surface area (Å²) in [5.74, 6) is 0.0432. The number of nitrogens with one attached hydrogen (secondary N) is 1. The quantitative estimate of drug-likeness (QED) is 0.672. The number of hydrogen-bond donors (Lipinski definition) is 2. The second kappa shape index (κ2) is 7.70. The van der Waals surface area contributed by atoms with Crippen LogP contribution in [-0.2, 0) is 9.53 Å². The van der Waals surface area contributed by atoms with Crippen LogP contribution in [-0.4, -0.2) is 65.8 Å². The molecule has 0 spiro atoms. The third kappa shape index (κ3) is 5.67. The number of anilines is 1. The summed E-state index contributed by atoms with van der Waals surface area (Å²) < 4.78 is 4.81. The first kappa shape index (κ1) is 14.5. The molecule has 1 rings (SSSR count). The van der Waals surface area contributed by atoms with Gasteiger partial charge in [-0.1, -0.05) is 0 Å². The molecule has 0 aliphatic rings. The number of rotatable bonds is 7. The molecule has 100 valence electrons. The molecule has 1 aromatic heterocycles. The number of aliphatic hydroxyl groups is 1. The molecule has 0 bridgehead atoms. The van der Waals surface area contributed by atoms with Crippen molar-refractivity contribution in [2.24, 2.45) is 0 Å². The minimum Gasteiger partial charge on any atom is -0.389 e. The monoisotopic (exact) mass is 254 g/mol. The van der Waals surface area contributed by atoms with Crippen molar-refractivity contribution in [2.45, 2.75) is 6.10 Å². The highest BCUT2D eigenvalue weighted by Crippen LogP contribution is 1.95. The number of nitrogens with zero attached hydrogens (tertiary/aromatic N) is 3. The molecule has 2 N–H and O–H groups in total. The highest BCUT2D eigenvalue weighted by molar-refractivity contribution is 5.90. The van der Waals surface area contributed by atoms with Gasteiger partial charge in [-0.2, -0.15) is 0 Å². The molecule has 1 atom stereocenters. The van der Waals surface area contributed by atoms with Gasteiger partial charge in [0.2, 0.25) is 11.9 Å². The SMILES string of the molecule is COCC(O)CN(C)CC(=O)Nc1ncccn1. The summed E-state index contributed by atoms with van der Waals surface area (Å²) in [5.41, 5.74) is 0. The van der Waals surface area contributed by atoms with E-state index in [4.69, 9.17) is 4.74 Å². The number of aliphatic hydroxyl groups excluding tert-OH is 1. The van der Waals surface area contributed by atoms with E-state index in [0.29, 0.717) is 6.54 Å². The number of ether oxygens (including phenoxy) is 1. The van der Waals surface area contributed by atoms with Crippen molar-refractivity contribution in [2.75, 3.05) is 39.2 Å². The summed E-state index contributed by atoms with van der Waals surface area (Å²) in [5, 5.41) is 12.1. The number of methoxy groups -OCH3 is 1. The maximum absolute atomic E-state index is 11.6. The third-order valence-corrected chi connectivity index (χ3v) is 2.11. The van der Waals surface area contributed by atoms with E-state index in [1.54, 1.807) is 30.4 Å². The maximum Gasteiger partial charge on any atom is 0.240 e. The second-order valence-corrected chi connectivity index (χ2v) is 3.93. The van der Waals surface area contributed by atoms with Crippen molar-refractivity contribution < 1.29 is 14.6 Å². The summed E-state index contributed by atoms with van der Waals surface area (Å²) in [7, 11) is 3.26. The van der Waals surface area contributed by atoms with Crippen LogP contribution in [0.1, 0.15) is 0 Å². The average Bonchev–Trinajstić information content (AvgIpc) is 2.29. The van der Waals surface area contributed by atoms with E-state index in [2.05, 4.69) is 15.3 Å². The van der Waals surface area contributed by atoms with E-state index in [-0.39, 0.29) is 25.0 Å². The highest BCUT2D eigenvalue weighted by Gasteiger charge is 2.12. The Bertz CT molecular complexity index is 361. The van der Waals surface area contributed by atoms with Gasteiger partial charge in [0.25, 0.3) is 0 Å². The smallest absolute Gasteiger partial charge is 0.240 e. The van der Waals surface area contributed by atoms with Crippen LogP contribution in [0.5, 0.6) is 0 Å². The third-order valence-electron chi connectivity index (χ3n) is 2.11. The van der Waals surface area contributed by atoms with Crippen molar-refractivity contribution in [3.05, 3.63) is 18.5 Å². The van der Waals surface area contributed by atoms with Crippen LogP contribution in [0.15, 0.2) is 18.5 Å². The molecule has 7 heteroatoms. The molecule has 0 saturated carbocycles. The molecule has 1 aromatic rings. The molecule has 0 aromatic carbocycles. The van der Waals surface area contributed by atoms with Crippen LogP contribution in [0.4, 0.5) is 5.95 Å². The van der Waals surface area contributed by atoms with E-state index >= 15 is 0 Å². The molecule has 0 aliphatic heterocycles. The second-order valence-electron chi connectivity index (χ2n) is 3.93. The van der Waals surface area contributed by atoms with Gasteiger partial charge in [-0.3, -0.25) is 15.0 Å². The fourth-order valence-corrected chi connectivity index (χ4v) is 1.44. The first-order valence-corrected chi connectivity index (χ1v) is 5.54. The van der Waals surface area contributed by atoms with E-state index in [1.165, 1.54) is 7.11 Å². The molecular weight excluding hydrogens is 236 g/mol. The van der Waals surface area contributed by atoms with E-state index in [1.807, 2.05) is 0 Å². The number of amides is 1. The van der Waals surface area contributed by atoms with Crippen molar-refractivity contribution >= 4 is 11.9 Å². The Hall–Kier alpha value is -1.57. The van der Waals surface area contributed by atoms with Crippen molar-refractivity contribution in [3.63, 3.8) is 0 Å². The first-order valence-electron chi connectivity index (χ1n) is 5.54. The van der Waals surface area contributed by atoms with Crippen LogP contribution < -0.4 is 5.32 Å². The van der Waals surface area contributed by atoms with Crippen LogP contribution in [0, 0.1) is 0 Å². The van der Waals surface area contributed by atoms with Crippen molar-refractivity contribution in [1.29, 1.82) is 0 Å². The zero-order valence-electron chi connectivity index (χ0n) is 10.5.